The molecule has 3 radical (unpaired) electrons. The number of fused-ring (bicyclic) bond motifs is 3. The fourth-order valence-electron chi connectivity index (χ4n) is 5.03. The van der Waals surface area contributed by atoms with Gasteiger partial charge in [-0.25, -0.2) is 8.42 Å². The minimum Gasteiger partial charge on any atom is -0.378 e. The third-order valence-corrected chi connectivity index (χ3v) is 8.91. The number of sulfone groups is 1. The second-order valence-electron chi connectivity index (χ2n) is 10.1. The van der Waals surface area contributed by atoms with E-state index in [0.29, 0.717) is 19.2 Å². The lowest BCUT2D eigenvalue weighted by Gasteiger charge is -2.39. The Morgan fingerprint density at radius 1 is 1.16 bits per heavy atom. The van der Waals surface area contributed by atoms with Crippen LogP contribution in [0.4, 0.5) is 11.4 Å². The molecule has 9 heteroatoms. The van der Waals surface area contributed by atoms with Crippen molar-refractivity contribution in [3.05, 3.63) is 71.8 Å². The molecule has 1 atom stereocenters. The molecule has 2 heterocycles. The van der Waals surface area contributed by atoms with Gasteiger partial charge in [-0.1, -0.05) is 50.3 Å². The summed E-state index contributed by atoms with van der Waals surface area (Å²) in [5, 5.41) is 2.50. The molecule has 0 spiro atoms. The maximum absolute atomic E-state index is 13.0. The van der Waals surface area contributed by atoms with Crippen molar-refractivity contribution in [1.82, 2.24) is 5.32 Å². The Balaban J connectivity index is 1.58. The number of carbonyl (C=O) groups is 1. The van der Waals surface area contributed by atoms with Gasteiger partial charge in [0.25, 0.3) is 0 Å². The van der Waals surface area contributed by atoms with Gasteiger partial charge in [-0.05, 0) is 47.5 Å². The molecule has 1 unspecified atom stereocenters. The molecule has 1 saturated heterocycles. The van der Waals surface area contributed by atoms with Crippen molar-refractivity contribution in [2.24, 2.45) is 0 Å². The smallest absolute Gasteiger partial charge is 0.220 e. The lowest BCUT2D eigenvalue weighted by atomic mass is 9.77. The molecule has 37 heavy (non-hydrogen) atoms. The predicted octanol–water partition coefficient (Wildman–Crippen LogP) is 3.67. The fraction of sp³-hybridized carbons (Fsp3) is 0.393. The van der Waals surface area contributed by atoms with Gasteiger partial charge in [0.05, 0.1) is 11.5 Å². The summed E-state index contributed by atoms with van der Waals surface area (Å²) in [5.74, 6) is -0.733. The molecular formula is C28H34N3O4SSi. The molecule has 7 nitrogen and oxygen atoms in total. The Labute approximate surface area is 223 Å². The first kappa shape index (κ1) is 27.2. The van der Waals surface area contributed by atoms with Crippen LogP contribution >= 0.6 is 0 Å². The SMILES string of the molecule is CN(C)c1ccc(/C=C/C=C/C23OCCN2c2ccc(S(=O)(=O)CNC(=O)CC[Si])cc2C3(C)C)cc1. The van der Waals surface area contributed by atoms with Gasteiger partial charge in [-0.2, -0.15) is 0 Å². The van der Waals surface area contributed by atoms with E-state index in [1.165, 1.54) is 0 Å². The molecule has 1 N–H and O–H groups in total. The van der Waals surface area contributed by atoms with Crippen molar-refractivity contribution in [2.45, 2.75) is 42.3 Å². The summed E-state index contributed by atoms with van der Waals surface area (Å²) >= 11 is 0. The van der Waals surface area contributed by atoms with Crippen molar-refractivity contribution in [1.29, 1.82) is 0 Å². The van der Waals surface area contributed by atoms with Crippen LogP contribution in [0.1, 0.15) is 31.4 Å². The van der Waals surface area contributed by atoms with Gasteiger partial charge >= 0.3 is 0 Å². The largest absolute Gasteiger partial charge is 0.378 e. The number of hydrogen-bond donors (Lipinski definition) is 1. The van der Waals surface area contributed by atoms with Crippen LogP contribution < -0.4 is 15.1 Å². The summed E-state index contributed by atoms with van der Waals surface area (Å²) in [4.78, 5) is 16.3. The number of nitrogens with one attached hydrogen (secondary N) is 1. The zero-order valence-electron chi connectivity index (χ0n) is 21.8. The highest BCUT2D eigenvalue weighted by molar-refractivity contribution is 7.91. The first-order valence-corrected chi connectivity index (χ1v) is 14.7. The molecule has 4 rings (SSSR count). The van der Waals surface area contributed by atoms with Crippen molar-refractivity contribution in [3.8, 4) is 0 Å². The number of benzene rings is 2. The number of allylic oxidation sites excluding steroid dienone is 2. The van der Waals surface area contributed by atoms with E-state index < -0.39 is 26.9 Å². The number of hydrogen-bond acceptors (Lipinski definition) is 6. The topological polar surface area (TPSA) is 79.0 Å². The molecular weight excluding hydrogens is 502 g/mol. The molecule has 2 aliphatic rings. The summed E-state index contributed by atoms with van der Waals surface area (Å²) < 4.78 is 32.3. The van der Waals surface area contributed by atoms with Crippen molar-refractivity contribution in [2.75, 3.05) is 42.9 Å². The Bertz CT molecular complexity index is 1320. The average molecular weight is 537 g/mol. The van der Waals surface area contributed by atoms with Crippen LogP contribution in [0.3, 0.4) is 0 Å². The number of amides is 1. The van der Waals surface area contributed by atoms with Crippen LogP contribution in [0.25, 0.3) is 6.08 Å². The third-order valence-electron chi connectivity index (χ3n) is 7.17. The quantitative estimate of drug-likeness (QED) is 0.389. The number of rotatable bonds is 9. The third kappa shape index (κ3) is 5.12. The van der Waals surface area contributed by atoms with Gasteiger partial charge in [0.15, 0.2) is 15.6 Å². The number of nitrogens with zero attached hydrogens (tertiary/aromatic N) is 2. The maximum Gasteiger partial charge on any atom is 0.220 e. The van der Waals surface area contributed by atoms with Gasteiger partial charge in [-0.15, -0.1) is 0 Å². The van der Waals surface area contributed by atoms with Crippen LogP contribution in [-0.4, -0.2) is 63.4 Å². The molecule has 0 bridgehead atoms. The first-order valence-electron chi connectivity index (χ1n) is 12.4. The van der Waals surface area contributed by atoms with E-state index in [2.05, 4.69) is 75.6 Å². The van der Waals surface area contributed by atoms with Crippen LogP contribution in [0.2, 0.25) is 6.04 Å². The van der Waals surface area contributed by atoms with Crippen LogP contribution in [0.15, 0.2) is 65.6 Å². The highest BCUT2D eigenvalue weighted by Gasteiger charge is 2.59. The minimum atomic E-state index is -3.69. The van der Waals surface area contributed by atoms with E-state index in [-0.39, 0.29) is 17.2 Å². The highest BCUT2D eigenvalue weighted by atomic mass is 32.2. The van der Waals surface area contributed by atoms with Crippen molar-refractivity contribution in [3.63, 3.8) is 0 Å². The molecule has 0 saturated carbocycles. The Morgan fingerprint density at radius 3 is 2.57 bits per heavy atom. The first-order chi connectivity index (χ1) is 17.5. The van der Waals surface area contributed by atoms with Gasteiger partial charge in [0.2, 0.25) is 5.91 Å². The van der Waals surface area contributed by atoms with Gasteiger partial charge in [0, 0.05) is 54.1 Å². The average Bonchev–Trinajstić information content (AvgIpc) is 3.37. The Morgan fingerprint density at radius 2 is 1.89 bits per heavy atom. The summed E-state index contributed by atoms with van der Waals surface area (Å²) in [6.07, 6.45) is 8.35. The van der Waals surface area contributed by atoms with Gasteiger partial charge in [-0.3, -0.25) is 4.79 Å². The predicted molar refractivity (Wildman–Crippen MR) is 150 cm³/mol. The van der Waals surface area contributed by atoms with E-state index in [0.717, 1.165) is 22.5 Å². The number of anilines is 2. The van der Waals surface area contributed by atoms with Gasteiger partial charge < -0.3 is 19.9 Å². The minimum absolute atomic E-state index is 0.194. The number of ether oxygens (including phenoxy) is 1. The lowest BCUT2D eigenvalue weighted by Crippen LogP contribution is -2.51. The monoisotopic (exact) mass is 536 g/mol. The fourth-order valence-corrected chi connectivity index (χ4v) is 6.35. The summed E-state index contributed by atoms with van der Waals surface area (Å²) in [6, 6.07) is 14.0. The van der Waals surface area contributed by atoms with Crippen LogP contribution in [0, 0.1) is 0 Å². The molecule has 0 aliphatic carbocycles. The zero-order chi connectivity index (χ0) is 26.8. The molecule has 195 valence electrons. The van der Waals surface area contributed by atoms with E-state index in [4.69, 9.17) is 4.74 Å². The zero-order valence-corrected chi connectivity index (χ0v) is 23.6. The molecule has 1 fully saturated rings. The molecule has 2 aromatic rings. The molecule has 2 aliphatic heterocycles. The molecule has 0 aromatic heterocycles. The van der Waals surface area contributed by atoms with Crippen LogP contribution in [-0.2, 0) is 24.8 Å². The lowest BCUT2D eigenvalue weighted by molar-refractivity contribution is -0.120. The standard InChI is InChI=1S/C28H34N3O4SSi/c1-27(2)24-19-23(36(33,34)20-29-26(32)14-18-37)12-13-25(24)31-16-17-35-28(27,31)15-6-5-7-21-8-10-22(11-9-21)30(3)4/h5-13,15,19H,14,16-18,20H2,1-4H3,(H,29,32)/b7-5+,15-6+. The van der Waals surface area contributed by atoms with Crippen LogP contribution in [0.5, 0.6) is 0 Å². The Kier molecular flexibility index (Phi) is 7.69. The van der Waals surface area contributed by atoms with E-state index >= 15 is 0 Å². The van der Waals surface area contributed by atoms with E-state index in [1.54, 1.807) is 12.1 Å². The Hall–Kier alpha value is -2.88. The highest BCUT2D eigenvalue weighted by Crippen LogP contribution is 2.55. The molecule has 1 amide bonds. The summed E-state index contributed by atoms with van der Waals surface area (Å²) in [5.41, 5.74) is 2.89. The second kappa shape index (κ2) is 10.5. The summed E-state index contributed by atoms with van der Waals surface area (Å²) in [6.45, 7) is 5.46. The second-order valence-corrected chi connectivity index (χ2v) is 12.6. The number of carbonyl (C=O) groups excluding carboxylic acids is 1. The van der Waals surface area contributed by atoms with Crippen molar-refractivity contribution >= 4 is 43.4 Å². The summed E-state index contributed by atoms with van der Waals surface area (Å²) in [7, 11) is 3.59. The maximum atomic E-state index is 13.0. The van der Waals surface area contributed by atoms with E-state index in [9.17, 15) is 13.2 Å². The normalized spacial score (nSPS) is 20.4. The van der Waals surface area contributed by atoms with Gasteiger partial charge in [0.1, 0.15) is 5.88 Å². The van der Waals surface area contributed by atoms with E-state index in [1.807, 2.05) is 32.3 Å². The van der Waals surface area contributed by atoms with Crippen molar-refractivity contribution < 1.29 is 17.9 Å². The molecule has 2 aromatic carbocycles.